The molecule has 2 aromatic carbocycles. The fourth-order valence-corrected chi connectivity index (χ4v) is 3.18. The molecule has 10 heteroatoms. The van der Waals surface area contributed by atoms with Crippen LogP contribution in [0.25, 0.3) is 27.3 Å². The summed E-state index contributed by atoms with van der Waals surface area (Å²) < 4.78 is 42.9. The lowest BCUT2D eigenvalue weighted by Gasteiger charge is -2.09. The Balaban J connectivity index is 1.60. The van der Waals surface area contributed by atoms with Gasteiger partial charge < -0.3 is 10.5 Å². The molecule has 2 aromatic heterocycles. The number of nitrogen functional groups attached to an aromatic ring is 1. The highest BCUT2D eigenvalue weighted by molar-refractivity contribution is 7.22. The van der Waals surface area contributed by atoms with Gasteiger partial charge in [-0.2, -0.15) is 0 Å². The number of benzene rings is 2. The molecule has 132 valence electrons. The van der Waals surface area contributed by atoms with Crippen LogP contribution in [0, 0.1) is 0 Å². The van der Waals surface area contributed by atoms with Crippen molar-refractivity contribution in [3.05, 3.63) is 48.8 Å². The van der Waals surface area contributed by atoms with Gasteiger partial charge in [0.15, 0.2) is 11.0 Å². The van der Waals surface area contributed by atoms with Crippen molar-refractivity contribution in [2.24, 2.45) is 0 Å². The molecule has 0 spiro atoms. The average Bonchev–Trinajstić information content (AvgIpc) is 3.19. The van der Waals surface area contributed by atoms with Crippen LogP contribution >= 0.6 is 11.3 Å². The molecule has 0 saturated heterocycles. The zero-order chi connectivity index (χ0) is 18.3. The topological polar surface area (TPSA) is 78.8 Å². The normalized spacial score (nSPS) is 11.8. The minimum absolute atomic E-state index is 0.296. The van der Waals surface area contributed by atoms with Crippen LogP contribution in [0.4, 0.5) is 18.3 Å². The van der Waals surface area contributed by atoms with Crippen molar-refractivity contribution in [3.63, 3.8) is 0 Å². The van der Waals surface area contributed by atoms with Gasteiger partial charge in [-0.1, -0.05) is 11.3 Å². The Labute approximate surface area is 148 Å². The summed E-state index contributed by atoms with van der Waals surface area (Å²) in [4.78, 5) is 8.44. The van der Waals surface area contributed by atoms with Crippen LogP contribution in [-0.4, -0.2) is 26.1 Å². The highest BCUT2D eigenvalue weighted by atomic mass is 32.1. The predicted octanol–water partition coefficient (Wildman–Crippen LogP) is 4.02. The summed E-state index contributed by atoms with van der Waals surface area (Å²) in [6.45, 7) is 0. The fraction of sp³-hybridized carbons (Fsp3) is 0.0625. The molecule has 0 fully saturated rings. The van der Waals surface area contributed by atoms with Crippen molar-refractivity contribution in [2.75, 3.05) is 5.73 Å². The third kappa shape index (κ3) is 3.31. The maximum Gasteiger partial charge on any atom is 0.573 e. The molecular formula is C16H10F3N5OS. The molecule has 0 atom stereocenters. The first-order chi connectivity index (χ1) is 12.4. The minimum Gasteiger partial charge on any atom is -0.406 e. The van der Waals surface area contributed by atoms with Gasteiger partial charge in [0, 0.05) is 5.56 Å². The molecule has 0 radical (unpaired) electrons. The number of alkyl halides is 3. The highest BCUT2D eigenvalue weighted by Gasteiger charge is 2.31. The van der Waals surface area contributed by atoms with Crippen LogP contribution in [0.15, 0.2) is 48.8 Å². The molecule has 0 aliphatic carbocycles. The van der Waals surface area contributed by atoms with Gasteiger partial charge in [0.1, 0.15) is 12.1 Å². The number of thiazole rings is 1. The number of rotatable bonds is 3. The van der Waals surface area contributed by atoms with Crippen molar-refractivity contribution in [2.45, 2.75) is 6.36 Å². The maximum atomic E-state index is 12.2. The largest absolute Gasteiger partial charge is 0.573 e. The molecule has 4 aromatic rings. The Kier molecular flexibility index (Phi) is 3.76. The van der Waals surface area contributed by atoms with E-state index in [1.165, 1.54) is 46.6 Å². The van der Waals surface area contributed by atoms with E-state index in [0.29, 0.717) is 16.6 Å². The quantitative estimate of drug-likeness (QED) is 0.583. The van der Waals surface area contributed by atoms with Crippen molar-refractivity contribution >= 4 is 26.7 Å². The van der Waals surface area contributed by atoms with E-state index in [4.69, 9.17) is 5.73 Å². The molecule has 0 unspecified atom stereocenters. The summed E-state index contributed by atoms with van der Waals surface area (Å²) in [6.07, 6.45) is -3.24. The molecule has 4 rings (SSSR count). The number of hydrogen-bond acceptors (Lipinski definition) is 6. The first-order valence-electron chi connectivity index (χ1n) is 7.32. The summed E-state index contributed by atoms with van der Waals surface area (Å²) in [5.41, 5.74) is 7.85. The van der Waals surface area contributed by atoms with Gasteiger partial charge in [0.05, 0.1) is 15.9 Å². The van der Waals surface area contributed by atoms with E-state index in [1.54, 1.807) is 0 Å². The van der Waals surface area contributed by atoms with Crippen LogP contribution in [0.5, 0.6) is 5.75 Å². The van der Waals surface area contributed by atoms with Gasteiger partial charge in [0.2, 0.25) is 0 Å². The first-order valence-corrected chi connectivity index (χ1v) is 8.13. The molecule has 2 heterocycles. The summed E-state index contributed by atoms with van der Waals surface area (Å²) in [7, 11) is 0. The zero-order valence-corrected chi connectivity index (χ0v) is 13.8. The third-order valence-electron chi connectivity index (χ3n) is 3.49. The predicted molar refractivity (Wildman–Crippen MR) is 91.1 cm³/mol. The second-order valence-corrected chi connectivity index (χ2v) is 6.35. The third-order valence-corrected chi connectivity index (χ3v) is 4.34. The van der Waals surface area contributed by atoms with Gasteiger partial charge in [-0.25, -0.2) is 14.6 Å². The lowest BCUT2D eigenvalue weighted by molar-refractivity contribution is -0.274. The first kappa shape index (κ1) is 16.3. The number of fused-ring (bicyclic) bond motifs is 1. The summed E-state index contributed by atoms with van der Waals surface area (Å²) in [5.74, 6) is 0.185. The van der Waals surface area contributed by atoms with Gasteiger partial charge in [0.25, 0.3) is 0 Å². The van der Waals surface area contributed by atoms with E-state index in [-0.39, 0.29) is 5.75 Å². The zero-order valence-electron chi connectivity index (χ0n) is 12.9. The van der Waals surface area contributed by atoms with Crippen LogP contribution in [0.1, 0.15) is 0 Å². The standard InChI is InChI=1S/C16H10F3N5OS/c17-16(18,19)25-11-4-2-10(3-5-11)24-8-21-14(23-24)9-1-6-12-13(7-9)26-15(20)22-12/h1-8H,(H2,20,22). The summed E-state index contributed by atoms with van der Waals surface area (Å²) in [6, 6.07) is 10.9. The lowest BCUT2D eigenvalue weighted by atomic mass is 10.2. The second kappa shape index (κ2) is 5.99. The van der Waals surface area contributed by atoms with Gasteiger partial charge >= 0.3 is 6.36 Å². The fourth-order valence-electron chi connectivity index (χ4n) is 2.40. The van der Waals surface area contributed by atoms with Crippen molar-refractivity contribution in [1.29, 1.82) is 0 Å². The molecule has 6 nitrogen and oxygen atoms in total. The Bertz CT molecular complexity index is 1070. The van der Waals surface area contributed by atoms with Crippen LogP contribution in [0.3, 0.4) is 0 Å². The molecule has 26 heavy (non-hydrogen) atoms. The second-order valence-electron chi connectivity index (χ2n) is 5.29. The van der Waals surface area contributed by atoms with Crippen molar-refractivity contribution in [1.82, 2.24) is 19.7 Å². The van der Waals surface area contributed by atoms with E-state index in [2.05, 4.69) is 19.8 Å². The van der Waals surface area contributed by atoms with Crippen molar-refractivity contribution < 1.29 is 17.9 Å². The Hall–Kier alpha value is -3.14. The highest BCUT2D eigenvalue weighted by Crippen LogP contribution is 2.28. The maximum absolute atomic E-state index is 12.2. The number of aromatic nitrogens is 4. The summed E-state index contributed by atoms with van der Waals surface area (Å²) in [5, 5.41) is 4.85. The van der Waals surface area contributed by atoms with Crippen molar-refractivity contribution in [3.8, 4) is 22.8 Å². The van der Waals surface area contributed by atoms with E-state index in [9.17, 15) is 13.2 Å². The number of ether oxygens (including phenoxy) is 1. The summed E-state index contributed by atoms with van der Waals surface area (Å²) >= 11 is 1.37. The SMILES string of the molecule is Nc1nc2ccc(-c3ncn(-c4ccc(OC(F)(F)F)cc4)n3)cc2s1. The average molecular weight is 377 g/mol. The molecule has 0 aliphatic rings. The number of anilines is 1. The number of nitrogens with zero attached hydrogens (tertiary/aromatic N) is 4. The van der Waals surface area contributed by atoms with E-state index in [1.807, 2.05) is 18.2 Å². The molecule has 0 amide bonds. The Morgan fingerprint density at radius 3 is 2.58 bits per heavy atom. The van der Waals surface area contributed by atoms with E-state index < -0.39 is 6.36 Å². The van der Waals surface area contributed by atoms with Gasteiger partial charge in [-0.05, 0) is 42.5 Å². The Morgan fingerprint density at radius 1 is 1.08 bits per heavy atom. The molecule has 0 bridgehead atoms. The molecular weight excluding hydrogens is 367 g/mol. The molecule has 0 aliphatic heterocycles. The number of nitrogens with two attached hydrogens (primary N) is 1. The minimum atomic E-state index is -4.72. The Morgan fingerprint density at radius 2 is 1.85 bits per heavy atom. The smallest absolute Gasteiger partial charge is 0.406 e. The van der Waals surface area contributed by atoms with Crippen LogP contribution in [0.2, 0.25) is 0 Å². The van der Waals surface area contributed by atoms with Crippen LogP contribution in [-0.2, 0) is 0 Å². The molecule has 0 saturated carbocycles. The van der Waals surface area contributed by atoms with E-state index in [0.717, 1.165) is 15.8 Å². The number of hydrogen-bond donors (Lipinski definition) is 1. The van der Waals surface area contributed by atoms with E-state index >= 15 is 0 Å². The van der Waals surface area contributed by atoms with Gasteiger partial charge in [-0.3, -0.25) is 0 Å². The lowest BCUT2D eigenvalue weighted by Crippen LogP contribution is -2.17. The van der Waals surface area contributed by atoms with Gasteiger partial charge in [-0.15, -0.1) is 18.3 Å². The monoisotopic (exact) mass is 377 g/mol. The van der Waals surface area contributed by atoms with Crippen LogP contribution < -0.4 is 10.5 Å². The molecule has 2 N–H and O–H groups in total. The number of halogens is 3.